The summed E-state index contributed by atoms with van der Waals surface area (Å²) in [5.74, 6) is -1.44. The topological polar surface area (TPSA) is 128 Å². The maximum absolute atomic E-state index is 11.7. The Balaban J connectivity index is 1.91. The van der Waals surface area contributed by atoms with E-state index in [-0.39, 0.29) is 18.8 Å². The number of esters is 3. The quantitative estimate of drug-likeness (QED) is 0.368. The number of hydrogen-bond donors (Lipinski definition) is 0. The Bertz CT molecular complexity index is 1070. The molecule has 3 rings (SSSR count). The molecule has 0 saturated carbocycles. The van der Waals surface area contributed by atoms with Crippen molar-refractivity contribution in [3.8, 4) is 5.75 Å². The van der Waals surface area contributed by atoms with Crippen LogP contribution >= 0.6 is 0 Å². The number of carbonyl (C=O) groups is 3. The van der Waals surface area contributed by atoms with Crippen molar-refractivity contribution in [1.29, 1.82) is 0 Å². The SMILES string of the molecule is CC(=O)OC[C@@H]1C[C@H](OC(C)=O)[C@@H](OC(C)=O)C(Oc2ccc3c(C)cc(=O)oc3c2)O1. The summed E-state index contributed by atoms with van der Waals surface area (Å²) in [5.41, 5.74) is 0.543. The van der Waals surface area contributed by atoms with Crippen molar-refractivity contribution in [3.63, 3.8) is 0 Å². The van der Waals surface area contributed by atoms with Gasteiger partial charge >= 0.3 is 23.5 Å². The standard InChI is InChI=1S/C22H24O10/c1-11-7-20(26)32-18-8-15(5-6-17(11)18)30-22-21(29-14(4)25)19(28-13(3)24)9-16(31-22)10-27-12(2)23/h5-8,16,19,21-22H,9-10H2,1-4H3/t16-,19-,21+,22?/m0/s1. The summed E-state index contributed by atoms with van der Waals surface area (Å²) in [6, 6.07) is 6.24. The van der Waals surface area contributed by atoms with Crippen LogP contribution in [-0.4, -0.2) is 49.1 Å². The maximum Gasteiger partial charge on any atom is 0.336 e. The molecule has 1 aliphatic heterocycles. The van der Waals surface area contributed by atoms with Gasteiger partial charge in [0.15, 0.2) is 0 Å². The zero-order valence-corrected chi connectivity index (χ0v) is 18.1. The molecule has 0 amide bonds. The largest absolute Gasteiger partial charge is 0.463 e. The number of benzene rings is 1. The molecular weight excluding hydrogens is 424 g/mol. The first-order chi connectivity index (χ1) is 15.1. The average Bonchev–Trinajstić information content (AvgIpc) is 2.67. The molecule has 32 heavy (non-hydrogen) atoms. The van der Waals surface area contributed by atoms with Crippen LogP contribution in [0.1, 0.15) is 32.8 Å². The molecule has 172 valence electrons. The Morgan fingerprint density at radius 3 is 2.41 bits per heavy atom. The minimum Gasteiger partial charge on any atom is -0.463 e. The highest BCUT2D eigenvalue weighted by Gasteiger charge is 2.45. The first-order valence-electron chi connectivity index (χ1n) is 9.97. The second kappa shape index (κ2) is 9.82. The fourth-order valence-corrected chi connectivity index (χ4v) is 3.47. The summed E-state index contributed by atoms with van der Waals surface area (Å²) in [6.07, 6.45) is -3.72. The highest BCUT2D eigenvalue weighted by atomic mass is 16.7. The molecule has 0 N–H and O–H groups in total. The van der Waals surface area contributed by atoms with Gasteiger partial charge in [-0.2, -0.15) is 0 Å². The number of ether oxygens (including phenoxy) is 5. The second-order valence-electron chi connectivity index (χ2n) is 7.41. The molecule has 0 spiro atoms. The molecule has 1 fully saturated rings. The number of aryl methyl sites for hydroxylation is 1. The van der Waals surface area contributed by atoms with Gasteiger partial charge in [0, 0.05) is 44.7 Å². The third-order valence-electron chi connectivity index (χ3n) is 4.72. The van der Waals surface area contributed by atoms with E-state index < -0.39 is 48.1 Å². The van der Waals surface area contributed by atoms with Crippen molar-refractivity contribution in [2.45, 2.75) is 58.7 Å². The predicted octanol–water partition coefficient (Wildman–Crippen LogP) is 2.02. The molecule has 0 bridgehead atoms. The molecular formula is C22H24O10. The van der Waals surface area contributed by atoms with Crippen molar-refractivity contribution in [2.75, 3.05) is 6.61 Å². The third kappa shape index (κ3) is 5.85. The van der Waals surface area contributed by atoms with Gasteiger partial charge in [0.25, 0.3) is 0 Å². The molecule has 1 aliphatic rings. The lowest BCUT2D eigenvalue weighted by atomic mass is 10.0. The molecule has 2 aromatic rings. The van der Waals surface area contributed by atoms with Crippen LogP contribution in [0, 0.1) is 6.92 Å². The lowest BCUT2D eigenvalue weighted by Gasteiger charge is -2.39. The molecule has 2 heterocycles. The van der Waals surface area contributed by atoms with Crippen LogP contribution in [0.25, 0.3) is 11.0 Å². The fraction of sp³-hybridized carbons (Fsp3) is 0.455. The predicted molar refractivity (Wildman–Crippen MR) is 109 cm³/mol. The van der Waals surface area contributed by atoms with Crippen LogP contribution in [0.2, 0.25) is 0 Å². The number of rotatable bonds is 6. The lowest BCUT2D eigenvalue weighted by molar-refractivity contribution is -0.254. The number of fused-ring (bicyclic) bond motifs is 1. The highest BCUT2D eigenvalue weighted by Crippen LogP contribution is 2.30. The van der Waals surface area contributed by atoms with Crippen LogP contribution in [0.3, 0.4) is 0 Å². The van der Waals surface area contributed by atoms with Crippen LogP contribution in [0.4, 0.5) is 0 Å². The summed E-state index contributed by atoms with van der Waals surface area (Å²) >= 11 is 0. The molecule has 1 unspecified atom stereocenters. The van der Waals surface area contributed by atoms with Gasteiger partial charge in [-0.25, -0.2) is 4.79 Å². The van der Waals surface area contributed by atoms with E-state index in [2.05, 4.69) is 0 Å². The molecule has 1 saturated heterocycles. The normalized spacial score (nSPS) is 22.8. The van der Waals surface area contributed by atoms with E-state index in [1.165, 1.54) is 32.9 Å². The first kappa shape index (κ1) is 23.3. The van der Waals surface area contributed by atoms with Crippen molar-refractivity contribution >= 4 is 28.9 Å². The molecule has 1 aromatic carbocycles. The summed E-state index contributed by atoms with van der Waals surface area (Å²) in [4.78, 5) is 46.2. The highest BCUT2D eigenvalue weighted by molar-refractivity contribution is 5.81. The van der Waals surface area contributed by atoms with E-state index in [9.17, 15) is 19.2 Å². The Hall–Kier alpha value is -3.40. The monoisotopic (exact) mass is 448 g/mol. The molecule has 10 heteroatoms. The van der Waals surface area contributed by atoms with Gasteiger partial charge in [0.2, 0.25) is 12.4 Å². The first-order valence-corrected chi connectivity index (χ1v) is 9.97. The van der Waals surface area contributed by atoms with Gasteiger partial charge in [0.1, 0.15) is 24.0 Å². The van der Waals surface area contributed by atoms with E-state index in [4.69, 9.17) is 28.1 Å². The lowest BCUT2D eigenvalue weighted by Crippen LogP contribution is -2.55. The van der Waals surface area contributed by atoms with Gasteiger partial charge in [-0.15, -0.1) is 0 Å². The van der Waals surface area contributed by atoms with Gasteiger partial charge in [-0.3, -0.25) is 14.4 Å². The summed E-state index contributed by atoms with van der Waals surface area (Å²) < 4.78 is 32.7. The second-order valence-corrected chi connectivity index (χ2v) is 7.41. The van der Waals surface area contributed by atoms with E-state index in [0.717, 1.165) is 10.9 Å². The van der Waals surface area contributed by atoms with Gasteiger partial charge in [-0.1, -0.05) is 0 Å². The fourth-order valence-electron chi connectivity index (χ4n) is 3.47. The minimum absolute atomic E-state index is 0.106. The van der Waals surface area contributed by atoms with Crippen molar-refractivity contribution in [3.05, 3.63) is 40.2 Å². The van der Waals surface area contributed by atoms with Crippen LogP contribution in [0.15, 0.2) is 33.5 Å². The maximum atomic E-state index is 11.7. The number of hydrogen-bond acceptors (Lipinski definition) is 10. The Kier molecular flexibility index (Phi) is 7.14. The molecule has 10 nitrogen and oxygen atoms in total. The van der Waals surface area contributed by atoms with Crippen LogP contribution in [0.5, 0.6) is 5.75 Å². The van der Waals surface area contributed by atoms with Crippen molar-refractivity contribution in [1.82, 2.24) is 0 Å². The smallest absolute Gasteiger partial charge is 0.336 e. The van der Waals surface area contributed by atoms with Crippen molar-refractivity contribution < 1.29 is 42.5 Å². The van der Waals surface area contributed by atoms with E-state index >= 15 is 0 Å². The average molecular weight is 448 g/mol. The Morgan fingerprint density at radius 1 is 1.03 bits per heavy atom. The van der Waals surface area contributed by atoms with E-state index in [0.29, 0.717) is 5.58 Å². The molecule has 0 radical (unpaired) electrons. The van der Waals surface area contributed by atoms with Crippen LogP contribution in [-0.2, 0) is 33.3 Å². The minimum atomic E-state index is -1.19. The third-order valence-corrected chi connectivity index (χ3v) is 4.72. The number of carbonyl (C=O) groups excluding carboxylic acids is 3. The van der Waals surface area contributed by atoms with Gasteiger partial charge in [0.05, 0.1) is 6.10 Å². The Labute approximate surface area is 183 Å². The summed E-state index contributed by atoms with van der Waals surface area (Å²) in [7, 11) is 0. The zero-order chi connectivity index (χ0) is 23.4. The molecule has 4 atom stereocenters. The van der Waals surface area contributed by atoms with Gasteiger partial charge < -0.3 is 28.1 Å². The van der Waals surface area contributed by atoms with Gasteiger partial charge in [-0.05, 0) is 24.6 Å². The van der Waals surface area contributed by atoms with Crippen LogP contribution < -0.4 is 10.4 Å². The van der Waals surface area contributed by atoms with Crippen molar-refractivity contribution in [2.24, 2.45) is 0 Å². The molecule has 1 aromatic heterocycles. The summed E-state index contributed by atoms with van der Waals surface area (Å²) in [6.45, 7) is 5.37. The summed E-state index contributed by atoms with van der Waals surface area (Å²) in [5, 5.41) is 0.726. The Morgan fingerprint density at radius 2 is 1.75 bits per heavy atom. The molecule has 0 aliphatic carbocycles. The van der Waals surface area contributed by atoms with E-state index in [1.54, 1.807) is 19.1 Å². The van der Waals surface area contributed by atoms with E-state index in [1.807, 2.05) is 0 Å². The zero-order valence-electron chi connectivity index (χ0n) is 18.1.